The van der Waals surface area contributed by atoms with Gasteiger partial charge in [0.25, 0.3) is 0 Å². The van der Waals surface area contributed by atoms with Crippen molar-refractivity contribution in [3.8, 4) is 0 Å². The summed E-state index contributed by atoms with van der Waals surface area (Å²) in [5.74, 6) is 0.927. The van der Waals surface area contributed by atoms with Crippen molar-refractivity contribution in [3.05, 3.63) is 72.4 Å². The van der Waals surface area contributed by atoms with Gasteiger partial charge in [-0.1, -0.05) is 36.4 Å². The van der Waals surface area contributed by atoms with Crippen molar-refractivity contribution in [3.63, 3.8) is 0 Å². The van der Waals surface area contributed by atoms with Gasteiger partial charge < -0.3 is 10.3 Å². The predicted molar refractivity (Wildman–Crippen MR) is 96.8 cm³/mol. The summed E-state index contributed by atoms with van der Waals surface area (Å²) in [4.78, 5) is 8.03. The Bertz CT molecular complexity index is 955. The zero-order valence-electron chi connectivity index (χ0n) is 13.1. The summed E-state index contributed by atoms with van der Waals surface area (Å²) >= 11 is 0. The minimum Gasteiger partial charge on any atom is -0.367 e. The van der Waals surface area contributed by atoms with E-state index in [1.54, 1.807) is 0 Å². The third kappa shape index (κ3) is 2.78. The van der Waals surface area contributed by atoms with Crippen LogP contribution in [0.3, 0.4) is 0 Å². The largest absolute Gasteiger partial charge is 0.367 e. The van der Waals surface area contributed by atoms with E-state index in [9.17, 15) is 0 Å². The van der Waals surface area contributed by atoms with Crippen molar-refractivity contribution < 1.29 is 0 Å². The number of hydrogen-bond acceptors (Lipinski definition) is 2. The summed E-state index contributed by atoms with van der Waals surface area (Å²) in [6, 6.07) is 21.1. The standard InChI is InChI=1S/C20H19N3/c1-14(12-16-13-21-19-9-5-3-7-17(16)19)22-20-11-10-15-6-2-4-8-18(15)23-20/h2-11,13-14,21H,12H2,1H3,(H,22,23)/t14-/m1/s1. The van der Waals surface area contributed by atoms with Crippen molar-refractivity contribution >= 4 is 27.6 Å². The summed E-state index contributed by atoms with van der Waals surface area (Å²) < 4.78 is 0. The molecule has 2 N–H and O–H groups in total. The van der Waals surface area contributed by atoms with E-state index in [2.05, 4.69) is 64.8 Å². The molecule has 0 saturated carbocycles. The maximum Gasteiger partial charge on any atom is 0.126 e. The highest BCUT2D eigenvalue weighted by Crippen LogP contribution is 2.20. The number of pyridine rings is 1. The molecule has 0 aliphatic heterocycles. The number of fused-ring (bicyclic) bond motifs is 2. The Morgan fingerprint density at radius 3 is 2.78 bits per heavy atom. The van der Waals surface area contributed by atoms with E-state index in [1.807, 2.05) is 24.3 Å². The van der Waals surface area contributed by atoms with E-state index in [0.717, 1.165) is 17.8 Å². The summed E-state index contributed by atoms with van der Waals surface area (Å²) in [6.45, 7) is 2.19. The quantitative estimate of drug-likeness (QED) is 0.570. The summed E-state index contributed by atoms with van der Waals surface area (Å²) in [5.41, 5.74) is 3.55. The summed E-state index contributed by atoms with van der Waals surface area (Å²) in [5, 5.41) is 5.98. The Kier molecular flexibility index (Phi) is 3.46. The van der Waals surface area contributed by atoms with Gasteiger partial charge in [0.1, 0.15) is 5.82 Å². The third-order valence-electron chi connectivity index (χ3n) is 4.19. The lowest BCUT2D eigenvalue weighted by Crippen LogP contribution is -2.18. The van der Waals surface area contributed by atoms with Crippen molar-refractivity contribution in [2.75, 3.05) is 5.32 Å². The fourth-order valence-electron chi connectivity index (χ4n) is 3.08. The van der Waals surface area contributed by atoms with Crippen LogP contribution < -0.4 is 5.32 Å². The smallest absolute Gasteiger partial charge is 0.126 e. The van der Waals surface area contributed by atoms with Crippen LogP contribution in [-0.2, 0) is 6.42 Å². The fraction of sp³-hybridized carbons (Fsp3) is 0.150. The molecule has 0 aliphatic carbocycles. The van der Waals surface area contributed by atoms with Crippen LogP contribution in [0.1, 0.15) is 12.5 Å². The normalized spacial score (nSPS) is 12.6. The molecule has 0 unspecified atom stereocenters. The molecular weight excluding hydrogens is 282 g/mol. The molecule has 0 aliphatic rings. The Morgan fingerprint density at radius 1 is 1.00 bits per heavy atom. The maximum absolute atomic E-state index is 4.69. The van der Waals surface area contributed by atoms with E-state index in [-0.39, 0.29) is 0 Å². The molecule has 3 nitrogen and oxygen atoms in total. The van der Waals surface area contributed by atoms with E-state index < -0.39 is 0 Å². The Morgan fingerprint density at radius 2 is 1.83 bits per heavy atom. The van der Waals surface area contributed by atoms with Crippen molar-refractivity contribution in [2.45, 2.75) is 19.4 Å². The van der Waals surface area contributed by atoms with Gasteiger partial charge in [-0.15, -0.1) is 0 Å². The van der Waals surface area contributed by atoms with Gasteiger partial charge >= 0.3 is 0 Å². The van der Waals surface area contributed by atoms with Crippen LogP contribution >= 0.6 is 0 Å². The first-order valence-electron chi connectivity index (χ1n) is 7.97. The highest BCUT2D eigenvalue weighted by atomic mass is 15.0. The molecule has 114 valence electrons. The van der Waals surface area contributed by atoms with Crippen LogP contribution in [0.2, 0.25) is 0 Å². The van der Waals surface area contributed by atoms with E-state index in [4.69, 9.17) is 0 Å². The van der Waals surface area contributed by atoms with Crippen molar-refractivity contribution in [1.82, 2.24) is 9.97 Å². The van der Waals surface area contributed by atoms with E-state index in [1.165, 1.54) is 21.9 Å². The van der Waals surface area contributed by atoms with Crippen LogP contribution in [0.4, 0.5) is 5.82 Å². The zero-order valence-corrected chi connectivity index (χ0v) is 13.1. The molecule has 0 saturated heterocycles. The van der Waals surface area contributed by atoms with Gasteiger partial charge in [0, 0.05) is 28.5 Å². The van der Waals surface area contributed by atoms with Crippen LogP contribution in [0.15, 0.2) is 66.9 Å². The lowest BCUT2D eigenvalue weighted by atomic mass is 10.1. The number of nitrogens with zero attached hydrogens (tertiary/aromatic N) is 1. The molecule has 4 rings (SSSR count). The van der Waals surface area contributed by atoms with Crippen LogP contribution in [0, 0.1) is 0 Å². The molecule has 0 fully saturated rings. The zero-order chi connectivity index (χ0) is 15.6. The SMILES string of the molecule is C[C@H](Cc1c[nH]c2ccccc12)Nc1ccc2ccccc2n1. The number of nitrogens with one attached hydrogen (secondary N) is 2. The topological polar surface area (TPSA) is 40.7 Å². The molecule has 4 aromatic rings. The van der Waals surface area contributed by atoms with Crippen molar-refractivity contribution in [1.29, 1.82) is 0 Å². The molecule has 23 heavy (non-hydrogen) atoms. The molecule has 3 heteroatoms. The molecule has 2 aromatic heterocycles. The molecule has 2 heterocycles. The summed E-state index contributed by atoms with van der Waals surface area (Å²) in [7, 11) is 0. The molecule has 0 bridgehead atoms. The molecular formula is C20H19N3. The molecule has 2 aromatic carbocycles. The second kappa shape index (κ2) is 5.76. The second-order valence-corrected chi connectivity index (χ2v) is 6.00. The van der Waals surface area contributed by atoms with E-state index in [0.29, 0.717) is 6.04 Å². The lowest BCUT2D eigenvalue weighted by Gasteiger charge is -2.14. The predicted octanol–water partition coefficient (Wildman–Crippen LogP) is 4.76. The highest BCUT2D eigenvalue weighted by Gasteiger charge is 2.09. The van der Waals surface area contributed by atoms with Gasteiger partial charge in [0.2, 0.25) is 0 Å². The van der Waals surface area contributed by atoms with Crippen LogP contribution in [-0.4, -0.2) is 16.0 Å². The minimum absolute atomic E-state index is 0.308. The average Bonchev–Trinajstić information content (AvgIpc) is 2.98. The van der Waals surface area contributed by atoms with Crippen LogP contribution in [0.25, 0.3) is 21.8 Å². The van der Waals surface area contributed by atoms with Gasteiger partial charge in [0.05, 0.1) is 5.52 Å². The number of H-pyrrole nitrogens is 1. The maximum atomic E-state index is 4.69. The molecule has 0 radical (unpaired) electrons. The minimum atomic E-state index is 0.308. The number of aromatic nitrogens is 2. The van der Waals surface area contributed by atoms with Crippen LogP contribution in [0.5, 0.6) is 0 Å². The number of anilines is 1. The third-order valence-corrected chi connectivity index (χ3v) is 4.19. The van der Waals surface area contributed by atoms with Gasteiger partial charge in [-0.25, -0.2) is 4.98 Å². The number of hydrogen-bond donors (Lipinski definition) is 2. The number of para-hydroxylation sites is 2. The molecule has 1 atom stereocenters. The number of benzene rings is 2. The van der Waals surface area contributed by atoms with Gasteiger partial charge in [0.15, 0.2) is 0 Å². The first-order chi connectivity index (χ1) is 11.3. The Hall–Kier alpha value is -2.81. The Labute approximate surface area is 135 Å². The van der Waals surface area contributed by atoms with Gasteiger partial charge in [-0.05, 0) is 43.2 Å². The van der Waals surface area contributed by atoms with Gasteiger partial charge in [-0.2, -0.15) is 0 Å². The first kappa shape index (κ1) is 13.8. The fourth-order valence-corrected chi connectivity index (χ4v) is 3.08. The monoisotopic (exact) mass is 301 g/mol. The number of rotatable bonds is 4. The number of aromatic amines is 1. The van der Waals surface area contributed by atoms with E-state index >= 15 is 0 Å². The summed E-state index contributed by atoms with van der Waals surface area (Å²) in [6.07, 6.45) is 3.06. The Balaban J connectivity index is 1.53. The van der Waals surface area contributed by atoms with Gasteiger partial charge in [-0.3, -0.25) is 0 Å². The average molecular weight is 301 g/mol. The molecule has 0 amide bonds. The second-order valence-electron chi connectivity index (χ2n) is 6.00. The lowest BCUT2D eigenvalue weighted by molar-refractivity contribution is 0.789. The molecule has 0 spiro atoms. The van der Waals surface area contributed by atoms with Crippen molar-refractivity contribution in [2.24, 2.45) is 0 Å². The highest BCUT2D eigenvalue weighted by molar-refractivity contribution is 5.83. The first-order valence-corrected chi connectivity index (χ1v) is 7.97.